The summed E-state index contributed by atoms with van der Waals surface area (Å²) in [4.78, 5) is 7.52. The molecule has 3 aromatic rings. The largest absolute Gasteiger partial charge is 0.522 e. The summed E-state index contributed by atoms with van der Waals surface area (Å²) in [6.45, 7) is -4.22. The Bertz CT molecular complexity index is 997. The lowest BCUT2D eigenvalue weighted by Gasteiger charge is -2.08. The number of benzene rings is 1. The van der Waals surface area contributed by atoms with Gasteiger partial charge in [-0.3, -0.25) is 4.74 Å². The van der Waals surface area contributed by atoms with Crippen LogP contribution in [-0.2, 0) is 18.0 Å². The van der Waals surface area contributed by atoms with E-state index < -0.39 is 31.1 Å². The summed E-state index contributed by atoms with van der Waals surface area (Å²) < 4.78 is 88.6. The minimum Gasteiger partial charge on any atom is -0.457 e. The van der Waals surface area contributed by atoms with Crippen molar-refractivity contribution >= 4 is 0 Å². The van der Waals surface area contributed by atoms with Crippen LogP contribution in [0.5, 0.6) is 11.8 Å². The van der Waals surface area contributed by atoms with Crippen molar-refractivity contribution in [3.8, 4) is 17.4 Å². The molecule has 1 aromatic carbocycles. The molecule has 14 heteroatoms. The smallest absolute Gasteiger partial charge is 0.457 e. The van der Waals surface area contributed by atoms with Crippen LogP contribution >= 0.6 is 0 Å². The average Bonchev–Trinajstić information content (AvgIpc) is 3.15. The van der Waals surface area contributed by atoms with Gasteiger partial charge in [-0.1, -0.05) is 5.21 Å². The first kappa shape index (κ1) is 21.3. The van der Waals surface area contributed by atoms with Gasteiger partial charge in [0, 0.05) is 12.3 Å². The number of ether oxygens (including phenoxy) is 3. The zero-order valence-corrected chi connectivity index (χ0v) is 14.7. The Labute approximate surface area is 164 Å². The summed E-state index contributed by atoms with van der Waals surface area (Å²) >= 11 is 0. The molecule has 0 aliphatic carbocycles. The molecular weight excluding hydrogens is 424 g/mol. The predicted octanol–water partition coefficient (Wildman–Crippen LogP) is 3.41. The van der Waals surface area contributed by atoms with Crippen LogP contribution < -0.4 is 9.47 Å². The summed E-state index contributed by atoms with van der Waals surface area (Å²) in [7, 11) is 0. The Kier molecular flexibility index (Phi) is 6.34. The Hall–Kier alpha value is -3.42. The van der Waals surface area contributed by atoms with E-state index in [1.807, 2.05) is 0 Å². The monoisotopic (exact) mass is 435 g/mol. The molecule has 0 unspecified atom stereocenters. The number of hydrogen-bond donors (Lipinski definition) is 0. The highest BCUT2D eigenvalue weighted by Crippen LogP contribution is 2.23. The van der Waals surface area contributed by atoms with E-state index >= 15 is 0 Å². The number of rotatable bonds is 8. The number of alkyl halides is 5. The Morgan fingerprint density at radius 3 is 2.60 bits per heavy atom. The molecule has 0 aliphatic heterocycles. The quantitative estimate of drug-likeness (QED) is 0.502. The molecule has 8 nitrogen and oxygen atoms in total. The molecule has 0 fully saturated rings. The molecule has 30 heavy (non-hydrogen) atoms. The second-order valence-electron chi connectivity index (χ2n) is 5.50. The molecule has 160 valence electrons. The number of hydrogen-bond acceptors (Lipinski definition) is 7. The van der Waals surface area contributed by atoms with Crippen molar-refractivity contribution in [2.24, 2.45) is 0 Å². The van der Waals surface area contributed by atoms with Crippen molar-refractivity contribution in [3.05, 3.63) is 53.9 Å². The van der Waals surface area contributed by atoms with Crippen molar-refractivity contribution in [1.29, 1.82) is 0 Å². The van der Waals surface area contributed by atoms with Crippen LogP contribution in [0.4, 0.5) is 26.3 Å². The van der Waals surface area contributed by atoms with Crippen LogP contribution in [0.25, 0.3) is 5.69 Å². The van der Waals surface area contributed by atoms with Crippen LogP contribution in [-0.4, -0.2) is 37.9 Å². The molecule has 0 saturated carbocycles. The summed E-state index contributed by atoms with van der Waals surface area (Å²) in [5.74, 6) is -1.64. The fourth-order valence-corrected chi connectivity index (χ4v) is 2.13. The van der Waals surface area contributed by atoms with Gasteiger partial charge < -0.3 is 9.47 Å². The summed E-state index contributed by atoms with van der Waals surface area (Å²) in [5, 5.41) is 7.55. The molecule has 0 atom stereocenters. The number of nitrogens with zero attached hydrogens (tertiary/aromatic N) is 5. The van der Waals surface area contributed by atoms with Crippen molar-refractivity contribution in [1.82, 2.24) is 25.0 Å². The van der Waals surface area contributed by atoms with Gasteiger partial charge in [-0.05, 0) is 18.2 Å². The van der Waals surface area contributed by atoms with Crippen molar-refractivity contribution in [2.45, 2.75) is 26.2 Å². The number of halogens is 6. The summed E-state index contributed by atoms with van der Waals surface area (Å²) in [6.07, 6.45) is -2.25. The molecule has 3 rings (SSSR count). The topological polar surface area (TPSA) is 84.2 Å². The lowest BCUT2D eigenvalue weighted by atomic mass is 10.3. The van der Waals surface area contributed by atoms with Gasteiger partial charge in [0.05, 0.1) is 24.2 Å². The fourth-order valence-electron chi connectivity index (χ4n) is 2.13. The molecule has 0 aliphatic rings. The standard InChI is InChI=1S/C16H11F6N5O3/c17-12-2-1-11(5-13(12)30-14(18)19)27-6-10(25-26-27)7-28-15-23-4-3-9(24-15)8-29-16(20,21)22/h1-6,14H,7-8H2. The first-order chi connectivity index (χ1) is 14.2. The van der Waals surface area contributed by atoms with Gasteiger partial charge in [0.2, 0.25) is 0 Å². The molecular formula is C16H11F6N5O3. The van der Waals surface area contributed by atoms with E-state index in [4.69, 9.17) is 4.74 Å². The highest BCUT2D eigenvalue weighted by atomic mass is 19.4. The van der Waals surface area contributed by atoms with E-state index in [-0.39, 0.29) is 29.7 Å². The van der Waals surface area contributed by atoms with E-state index in [0.717, 1.165) is 16.8 Å². The summed E-state index contributed by atoms with van der Waals surface area (Å²) in [5.41, 5.74) is 0.378. The fraction of sp³-hybridized carbons (Fsp3) is 0.250. The minimum absolute atomic E-state index is 0.0566. The van der Waals surface area contributed by atoms with Gasteiger partial charge in [-0.25, -0.2) is 14.1 Å². The Morgan fingerprint density at radius 2 is 1.87 bits per heavy atom. The molecule has 0 N–H and O–H groups in total. The molecule has 0 amide bonds. The SMILES string of the molecule is Fc1ccc(-n2cc(COc3nccc(COC(F)(F)F)n3)nn2)cc1OC(F)F. The lowest BCUT2D eigenvalue weighted by Crippen LogP contribution is -2.13. The second kappa shape index (κ2) is 8.94. The van der Waals surface area contributed by atoms with Crippen LogP contribution in [0, 0.1) is 5.82 Å². The van der Waals surface area contributed by atoms with E-state index in [1.165, 1.54) is 24.5 Å². The average molecular weight is 435 g/mol. The highest BCUT2D eigenvalue weighted by molar-refractivity contribution is 5.39. The Morgan fingerprint density at radius 1 is 1.07 bits per heavy atom. The first-order valence-electron chi connectivity index (χ1n) is 8.01. The van der Waals surface area contributed by atoms with E-state index in [2.05, 4.69) is 29.8 Å². The Balaban J connectivity index is 1.64. The molecule has 0 radical (unpaired) electrons. The maximum Gasteiger partial charge on any atom is 0.522 e. The molecule has 0 bridgehead atoms. The van der Waals surface area contributed by atoms with Gasteiger partial charge in [-0.2, -0.15) is 13.8 Å². The van der Waals surface area contributed by atoms with Crippen molar-refractivity contribution in [3.63, 3.8) is 0 Å². The van der Waals surface area contributed by atoms with Gasteiger partial charge in [0.1, 0.15) is 12.3 Å². The zero-order valence-electron chi connectivity index (χ0n) is 14.7. The van der Waals surface area contributed by atoms with Crippen LogP contribution in [0.3, 0.4) is 0 Å². The molecule has 2 aromatic heterocycles. The van der Waals surface area contributed by atoms with Gasteiger partial charge in [0.15, 0.2) is 11.6 Å². The van der Waals surface area contributed by atoms with Crippen molar-refractivity contribution < 1.29 is 40.6 Å². The normalized spacial score (nSPS) is 11.7. The second-order valence-corrected chi connectivity index (χ2v) is 5.50. The van der Waals surface area contributed by atoms with Gasteiger partial charge in [-0.15, -0.1) is 18.3 Å². The molecule has 0 spiro atoms. The van der Waals surface area contributed by atoms with E-state index in [0.29, 0.717) is 0 Å². The van der Waals surface area contributed by atoms with E-state index in [9.17, 15) is 26.3 Å². The third-order valence-corrected chi connectivity index (χ3v) is 3.36. The van der Waals surface area contributed by atoms with Crippen molar-refractivity contribution in [2.75, 3.05) is 0 Å². The third kappa shape index (κ3) is 6.04. The van der Waals surface area contributed by atoms with Crippen LogP contribution in [0.2, 0.25) is 0 Å². The number of aromatic nitrogens is 5. The first-order valence-corrected chi connectivity index (χ1v) is 8.01. The lowest BCUT2D eigenvalue weighted by molar-refractivity contribution is -0.330. The maximum absolute atomic E-state index is 13.5. The van der Waals surface area contributed by atoms with Gasteiger partial charge >= 0.3 is 19.0 Å². The zero-order chi connectivity index (χ0) is 21.7. The van der Waals surface area contributed by atoms with E-state index in [1.54, 1.807) is 0 Å². The predicted molar refractivity (Wildman–Crippen MR) is 85.2 cm³/mol. The molecule has 0 saturated heterocycles. The maximum atomic E-state index is 13.5. The van der Waals surface area contributed by atoms with Gasteiger partial charge in [0.25, 0.3) is 0 Å². The molecule has 2 heterocycles. The van der Waals surface area contributed by atoms with Crippen LogP contribution in [0.15, 0.2) is 36.7 Å². The summed E-state index contributed by atoms with van der Waals surface area (Å²) in [6, 6.07) is 4.20. The minimum atomic E-state index is -4.80. The van der Waals surface area contributed by atoms with Crippen LogP contribution in [0.1, 0.15) is 11.4 Å². The third-order valence-electron chi connectivity index (χ3n) is 3.36. The highest BCUT2D eigenvalue weighted by Gasteiger charge is 2.29.